The van der Waals surface area contributed by atoms with Crippen molar-refractivity contribution < 1.29 is 4.39 Å². The summed E-state index contributed by atoms with van der Waals surface area (Å²) in [4.78, 5) is 13.9. The zero-order valence-corrected chi connectivity index (χ0v) is 9.67. The molecule has 1 aromatic carbocycles. The van der Waals surface area contributed by atoms with Crippen LogP contribution >= 0.6 is 0 Å². The molecule has 0 aliphatic carbocycles. The van der Waals surface area contributed by atoms with Crippen molar-refractivity contribution in [2.45, 2.75) is 19.3 Å². The molecule has 1 heterocycles. The normalized spacial score (nSPS) is 11.4. The second kappa shape index (κ2) is 3.74. The molecule has 0 unspecified atom stereocenters. The van der Waals surface area contributed by atoms with Crippen LogP contribution in [0.3, 0.4) is 0 Å². The standard InChI is InChI=1S/C14H12FNO/c1-4-14(2,3)10-7-9-5-6-16-13(17)12(9)11(15)8-10/h1,5-8H,2-3H3,(H,16,17). The molecule has 0 bridgehead atoms. The number of aromatic amines is 1. The summed E-state index contributed by atoms with van der Waals surface area (Å²) in [6, 6.07) is 4.75. The van der Waals surface area contributed by atoms with Crippen LogP contribution in [0.1, 0.15) is 19.4 Å². The Balaban J connectivity index is 2.83. The predicted molar refractivity (Wildman–Crippen MR) is 66.4 cm³/mol. The first-order valence-corrected chi connectivity index (χ1v) is 5.25. The molecule has 17 heavy (non-hydrogen) atoms. The van der Waals surface area contributed by atoms with Crippen LogP contribution in [0.4, 0.5) is 4.39 Å². The molecule has 2 rings (SSSR count). The summed E-state index contributed by atoms with van der Waals surface area (Å²) in [5.41, 5.74) is -0.293. The lowest BCUT2D eigenvalue weighted by Gasteiger charge is -2.18. The van der Waals surface area contributed by atoms with Gasteiger partial charge >= 0.3 is 0 Å². The predicted octanol–water partition coefficient (Wildman–Crippen LogP) is 2.58. The number of terminal acetylenes is 1. The van der Waals surface area contributed by atoms with Crippen molar-refractivity contribution in [2.24, 2.45) is 0 Å². The SMILES string of the molecule is C#CC(C)(C)c1cc(F)c2c(=O)[nH]ccc2c1. The second-order valence-corrected chi connectivity index (χ2v) is 4.50. The van der Waals surface area contributed by atoms with Gasteiger partial charge < -0.3 is 4.98 Å². The van der Waals surface area contributed by atoms with Gasteiger partial charge in [-0.2, -0.15) is 0 Å². The molecule has 2 aromatic rings. The van der Waals surface area contributed by atoms with E-state index in [1.54, 1.807) is 12.1 Å². The third kappa shape index (κ3) is 1.83. The average molecular weight is 229 g/mol. The topological polar surface area (TPSA) is 32.9 Å². The Morgan fingerprint density at radius 1 is 1.41 bits per heavy atom. The van der Waals surface area contributed by atoms with Crippen LogP contribution in [-0.4, -0.2) is 4.98 Å². The highest BCUT2D eigenvalue weighted by molar-refractivity contribution is 5.83. The molecule has 0 saturated carbocycles. The van der Waals surface area contributed by atoms with Crippen molar-refractivity contribution in [1.82, 2.24) is 4.98 Å². The Labute approximate surface area is 98.5 Å². The van der Waals surface area contributed by atoms with E-state index >= 15 is 0 Å². The van der Waals surface area contributed by atoms with Crippen molar-refractivity contribution in [3.8, 4) is 12.3 Å². The number of halogens is 1. The van der Waals surface area contributed by atoms with Gasteiger partial charge in [0.25, 0.3) is 5.56 Å². The molecule has 86 valence electrons. The van der Waals surface area contributed by atoms with E-state index in [-0.39, 0.29) is 5.39 Å². The Morgan fingerprint density at radius 3 is 2.76 bits per heavy atom. The Bertz CT molecular complexity index is 677. The van der Waals surface area contributed by atoms with Gasteiger partial charge in [-0.1, -0.05) is 5.92 Å². The van der Waals surface area contributed by atoms with Gasteiger partial charge in [-0.3, -0.25) is 4.79 Å². The largest absolute Gasteiger partial charge is 0.328 e. The van der Waals surface area contributed by atoms with E-state index in [0.717, 1.165) is 0 Å². The Kier molecular flexibility index (Phi) is 2.51. The first kappa shape index (κ1) is 11.4. The smallest absolute Gasteiger partial charge is 0.258 e. The second-order valence-electron chi connectivity index (χ2n) is 4.50. The molecular weight excluding hydrogens is 217 g/mol. The maximum atomic E-state index is 13.9. The van der Waals surface area contributed by atoms with E-state index in [0.29, 0.717) is 10.9 Å². The van der Waals surface area contributed by atoms with Crippen molar-refractivity contribution in [3.05, 3.63) is 46.1 Å². The number of benzene rings is 1. The highest BCUT2D eigenvalue weighted by atomic mass is 19.1. The summed E-state index contributed by atoms with van der Waals surface area (Å²) >= 11 is 0. The number of nitrogens with one attached hydrogen (secondary N) is 1. The fourth-order valence-corrected chi connectivity index (χ4v) is 1.72. The van der Waals surface area contributed by atoms with Crippen LogP contribution in [0.25, 0.3) is 10.8 Å². The van der Waals surface area contributed by atoms with Gasteiger partial charge in [0.15, 0.2) is 0 Å². The van der Waals surface area contributed by atoms with Gasteiger partial charge in [0, 0.05) is 6.20 Å². The number of H-pyrrole nitrogens is 1. The van der Waals surface area contributed by atoms with Gasteiger partial charge in [-0.05, 0) is 43.0 Å². The van der Waals surface area contributed by atoms with Crippen LogP contribution < -0.4 is 5.56 Å². The molecule has 1 N–H and O–H groups in total. The van der Waals surface area contributed by atoms with Gasteiger partial charge in [0.1, 0.15) is 5.82 Å². The zero-order valence-electron chi connectivity index (χ0n) is 9.67. The highest BCUT2D eigenvalue weighted by Gasteiger charge is 2.19. The first-order chi connectivity index (χ1) is 7.95. The van der Waals surface area contributed by atoms with E-state index in [4.69, 9.17) is 6.42 Å². The van der Waals surface area contributed by atoms with E-state index in [1.807, 2.05) is 13.8 Å². The molecule has 0 amide bonds. The number of hydrogen-bond donors (Lipinski definition) is 1. The summed E-state index contributed by atoms with van der Waals surface area (Å²) in [6.45, 7) is 3.67. The molecule has 0 spiro atoms. The molecule has 3 heteroatoms. The lowest BCUT2D eigenvalue weighted by atomic mass is 9.84. The Hall–Kier alpha value is -2.08. The van der Waals surface area contributed by atoms with Crippen molar-refractivity contribution >= 4 is 10.8 Å². The molecule has 0 fully saturated rings. The minimum Gasteiger partial charge on any atom is -0.328 e. The van der Waals surface area contributed by atoms with E-state index in [2.05, 4.69) is 10.9 Å². The van der Waals surface area contributed by atoms with Crippen LogP contribution in [0.5, 0.6) is 0 Å². The van der Waals surface area contributed by atoms with E-state index in [1.165, 1.54) is 12.3 Å². The highest BCUT2D eigenvalue weighted by Crippen LogP contribution is 2.26. The van der Waals surface area contributed by atoms with Gasteiger partial charge in [0.05, 0.1) is 10.8 Å². The molecule has 1 aromatic heterocycles. The zero-order chi connectivity index (χ0) is 12.6. The van der Waals surface area contributed by atoms with Crippen molar-refractivity contribution in [1.29, 1.82) is 0 Å². The molecule has 0 aliphatic heterocycles. The number of fused-ring (bicyclic) bond motifs is 1. The van der Waals surface area contributed by atoms with Gasteiger partial charge in [-0.15, -0.1) is 6.42 Å². The number of rotatable bonds is 1. The lowest BCUT2D eigenvalue weighted by molar-refractivity contribution is 0.625. The molecule has 0 aliphatic rings. The van der Waals surface area contributed by atoms with Crippen LogP contribution in [0, 0.1) is 18.2 Å². The first-order valence-electron chi connectivity index (χ1n) is 5.25. The van der Waals surface area contributed by atoms with Gasteiger partial charge in [0.2, 0.25) is 0 Å². The van der Waals surface area contributed by atoms with E-state index < -0.39 is 16.8 Å². The Morgan fingerprint density at radius 2 is 2.12 bits per heavy atom. The summed E-state index contributed by atoms with van der Waals surface area (Å²) in [7, 11) is 0. The number of pyridine rings is 1. The number of aromatic nitrogens is 1. The minimum atomic E-state index is -0.558. The lowest BCUT2D eigenvalue weighted by Crippen LogP contribution is -2.15. The molecule has 2 nitrogen and oxygen atoms in total. The van der Waals surface area contributed by atoms with Gasteiger partial charge in [-0.25, -0.2) is 4.39 Å². The fraction of sp³-hybridized carbons (Fsp3) is 0.214. The average Bonchev–Trinajstić information content (AvgIpc) is 2.28. The quantitative estimate of drug-likeness (QED) is 0.749. The maximum Gasteiger partial charge on any atom is 0.258 e. The third-order valence-electron chi connectivity index (χ3n) is 2.91. The molecular formula is C14H12FNO. The monoisotopic (exact) mass is 229 g/mol. The van der Waals surface area contributed by atoms with Crippen LogP contribution in [0.15, 0.2) is 29.2 Å². The van der Waals surface area contributed by atoms with Crippen molar-refractivity contribution in [2.75, 3.05) is 0 Å². The molecule has 0 saturated heterocycles. The van der Waals surface area contributed by atoms with Crippen LogP contribution in [0.2, 0.25) is 0 Å². The summed E-state index contributed by atoms with van der Waals surface area (Å²) in [5.74, 6) is 2.07. The maximum absolute atomic E-state index is 13.9. The summed E-state index contributed by atoms with van der Waals surface area (Å²) < 4.78 is 13.9. The molecule has 0 radical (unpaired) electrons. The molecule has 0 atom stereocenters. The van der Waals surface area contributed by atoms with E-state index in [9.17, 15) is 9.18 Å². The minimum absolute atomic E-state index is 0.0732. The van der Waals surface area contributed by atoms with Crippen LogP contribution in [-0.2, 0) is 5.41 Å². The third-order valence-corrected chi connectivity index (χ3v) is 2.91. The fourth-order valence-electron chi connectivity index (χ4n) is 1.72. The summed E-state index contributed by atoms with van der Waals surface area (Å²) in [5, 5.41) is 0.635. The number of hydrogen-bond acceptors (Lipinski definition) is 1. The van der Waals surface area contributed by atoms with Crippen molar-refractivity contribution in [3.63, 3.8) is 0 Å². The summed E-state index contributed by atoms with van der Waals surface area (Å²) in [6.07, 6.45) is 6.92.